The molecule has 1 spiro atoms. The molecule has 0 nitrogen and oxygen atoms in total. The predicted octanol–water partition coefficient (Wildman–Crippen LogP) is 6.96. The minimum Gasteiger partial charge on any atom is -0.0996 e. The van der Waals surface area contributed by atoms with Crippen LogP contribution in [0.4, 0.5) is 0 Å². The van der Waals surface area contributed by atoms with Crippen molar-refractivity contribution in [1.29, 1.82) is 0 Å². The van der Waals surface area contributed by atoms with Gasteiger partial charge in [0, 0.05) is 0 Å². The van der Waals surface area contributed by atoms with Crippen LogP contribution in [0.3, 0.4) is 0 Å². The van der Waals surface area contributed by atoms with Crippen LogP contribution in [-0.2, 0) is 0 Å². The van der Waals surface area contributed by atoms with Gasteiger partial charge in [0.25, 0.3) is 0 Å². The van der Waals surface area contributed by atoms with Crippen LogP contribution in [0.1, 0.15) is 79.6 Å². The zero-order chi connectivity index (χ0) is 17.2. The average Bonchev–Trinajstić information content (AvgIpc) is 3.41. The molecule has 0 aromatic carbocycles. The lowest BCUT2D eigenvalue weighted by Gasteiger charge is -2.43. The van der Waals surface area contributed by atoms with Crippen molar-refractivity contribution in [3.8, 4) is 0 Å². The van der Waals surface area contributed by atoms with Crippen LogP contribution < -0.4 is 0 Å². The molecule has 2 bridgehead atoms. The van der Waals surface area contributed by atoms with Crippen molar-refractivity contribution in [3.05, 3.63) is 12.2 Å². The number of fused-ring (bicyclic) bond motifs is 3. The maximum atomic E-state index is 4.69. The Morgan fingerprint density at radius 2 is 1.75 bits per heavy atom. The third-order valence-electron chi connectivity index (χ3n) is 9.28. The summed E-state index contributed by atoms with van der Waals surface area (Å²) in [5.41, 5.74) is 2.35. The van der Waals surface area contributed by atoms with E-state index in [4.69, 9.17) is 0 Å². The third kappa shape index (κ3) is 2.71. The van der Waals surface area contributed by atoms with E-state index in [1.165, 1.54) is 32.1 Å². The Bertz CT molecular complexity index is 502. The van der Waals surface area contributed by atoms with Gasteiger partial charge in [-0.1, -0.05) is 46.8 Å². The predicted molar refractivity (Wildman–Crippen MR) is 104 cm³/mol. The molecule has 5 fully saturated rings. The molecule has 0 heteroatoms. The highest BCUT2D eigenvalue weighted by Gasteiger charge is 2.69. The number of hydrogen-bond acceptors (Lipinski definition) is 0. The summed E-state index contributed by atoms with van der Waals surface area (Å²) in [6.45, 7) is 17.0. The Morgan fingerprint density at radius 1 is 1.00 bits per heavy atom. The van der Waals surface area contributed by atoms with Gasteiger partial charge in [-0.3, -0.25) is 0 Å². The summed E-state index contributed by atoms with van der Waals surface area (Å²) in [5.74, 6) is 8.75. The highest BCUT2D eigenvalue weighted by Crippen LogP contribution is 2.76. The Hall–Kier alpha value is -0.260. The Kier molecular flexibility index (Phi) is 4.21. The van der Waals surface area contributed by atoms with Gasteiger partial charge in [-0.05, 0) is 104 Å². The maximum absolute atomic E-state index is 4.69. The van der Waals surface area contributed by atoms with Gasteiger partial charge in [0.1, 0.15) is 0 Å². The first-order chi connectivity index (χ1) is 11.3. The highest BCUT2D eigenvalue weighted by atomic mass is 14.7. The van der Waals surface area contributed by atoms with Crippen LogP contribution in [-0.4, -0.2) is 0 Å². The zero-order valence-corrected chi connectivity index (χ0v) is 16.9. The third-order valence-corrected chi connectivity index (χ3v) is 9.28. The van der Waals surface area contributed by atoms with Crippen molar-refractivity contribution in [2.45, 2.75) is 79.6 Å². The fourth-order valence-corrected chi connectivity index (χ4v) is 7.07. The van der Waals surface area contributed by atoms with Crippen LogP contribution in [0.5, 0.6) is 0 Å². The van der Waals surface area contributed by atoms with E-state index in [1.54, 1.807) is 18.4 Å². The first-order valence-corrected chi connectivity index (χ1v) is 11.0. The number of rotatable bonds is 5. The molecule has 0 saturated heterocycles. The Balaban J connectivity index is 1.51. The van der Waals surface area contributed by atoms with Crippen LogP contribution >= 0.6 is 0 Å². The molecule has 5 aliphatic rings. The van der Waals surface area contributed by atoms with E-state index < -0.39 is 0 Å². The molecule has 24 heavy (non-hydrogen) atoms. The van der Waals surface area contributed by atoms with E-state index in [0.717, 1.165) is 53.3 Å². The van der Waals surface area contributed by atoms with E-state index in [9.17, 15) is 0 Å². The second kappa shape index (κ2) is 5.88. The van der Waals surface area contributed by atoms with Crippen molar-refractivity contribution in [2.75, 3.05) is 0 Å². The minimum atomic E-state index is 0.706. The fraction of sp³-hybridized carbons (Fsp3) is 0.917. The van der Waals surface area contributed by atoms with Gasteiger partial charge in [-0.2, -0.15) is 0 Å². The molecule has 0 heterocycles. The molecule has 9 atom stereocenters. The van der Waals surface area contributed by atoms with Gasteiger partial charge < -0.3 is 0 Å². The van der Waals surface area contributed by atoms with Crippen LogP contribution in [0.15, 0.2) is 12.2 Å². The largest absolute Gasteiger partial charge is 0.0996 e. The quantitative estimate of drug-likeness (QED) is 0.478. The standard InChI is InChI=1S/C24H40/c1-14(2)15(3)7-8-16(4)22-10-19-9-17(5)20-11-21(20)23-13-24(22,23)12-18(19)6/h14-15,17-23H,4,7-13H2,1-3,5-6H3. The molecular formula is C24H40. The normalized spacial score (nSPS) is 50.3. The van der Waals surface area contributed by atoms with Gasteiger partial charge >= 0.3 is 0 Å². The first-order valence-electron chi connectivity index (χ1n) is 11.0. The summed E-state index contributed by atoms with van der Waals surface area (Å²) >= 11 is 0. The lowest BCUT2D eigenvalue weighted by Crippen LogP contribution is -2.34. The SMILES string of the molecule is C=C(CCC(C)C(C)C)C1CC2CC(C)C3CC3C3CC13CC2C. The Morgan fingerprint density at radius 3 is 2.46 bits per heavy atom. The summed E-state index contributed by atoms with van der Waals surface area (Å²) in [6, 6.07) is 0. The van der Waals surface area contributed by atoms with Gasteiger partial charge in [0.05, 0.1) is 0 Å². The number of hydrogen-bond donors (Lipinski definition) is 0. The van der Waals surface area contributed by atoms with Gasteiger partial charge in [0.15, 0.2) is 0 Å². The molecular weight excluding hydrogens is 288 g/mol. The second-order valence-corrected chi connectivity index (χ2v) is 11.0. The number of allylic oxidation sites excluding steroid dienone is 1. The summed E-state index contributed by atoms with van der Waals surface area (Å²) in [7, 11) is 0. The summed E-state index contributed by atoms with van der Waals surface area (Å²) in [5, 5.41) is 0. The summed E-state index contributed by atoms with van der Waals surface area (Å²) in [4.78, 5) is 0. The van der Waals surface area contributed by atoms with Crippen molar-refractivity contribution in [2.24, 2.45) is 58.7 Å². The van der Waals surface area contributed by atoms with E-state index >= 15 is 0 Å². The monoisotopic (exact) mass is 328 g/mol. The van der Waals surface area contributed by atoms with E-state index in [0.29, 0.717) is 5.41 Å². The molecule has 0 aromatic heterocycles. The smallest absolute Gasteiger partial charge is 0.0144 e. The molecule has 5 rings (SSSR count). The van der Waals surface area contributed by atoms with Crippen LogP contribution in [0, 0.1) is 58.7 Å². The zero-order valence-electron chi connectivity index (χ0n) is 16.9. The topological polar surface area (TPSA) is 0 Å². The van der Waals surface area contributed by atoms with Crippen molar-refractivity contribution in [1.82, 2.24) is 0 Å². The highest BCUT2D eigenvalue weighted by molar-refractivity contribution is 5.23. The molecule has 9 unspecified atom stereocenters. The molecule has 0 amide bonds. The summed E-state index contributed by atoms with van der Waals surface area (Å²) < 4.78 is 0. The van der Waals surface area contributed by atoms with E-state index in [1.807, 2.05) is 0 Å². The molecule has 0 aromatic rings. The van der Waals surface area contributed by atoms with Crippen molar-refractivity contribution >= 4 is 0 Å². The molecule has 0 radical (unpaired) electrons. The molecule has 5 aliphatic carbocycles. The molecule has 0 N–H and O–H groups in total. The second-order valence-electron chi connectivity index (χ2n) is 11.0. The first kappa shape index (κ1) is 17.2. The van der Waals surface area contributed by atoms with Crippen molar-refractivity contribution in [3.63, 3.8) is 0 Å². The van der Waals surface area contributed by atoms with Crippen molar-refractivity contribution < 1.29 is 0 Å². The lowest BCUT2D eigenvalue weighted by molar-refractivity contribution is 0.0990. The van der Waals surface area contributed by atoms with Crippen LogP contribution in [0.2, 0.25) is 0 Å². The van der Waals surface area contributed by atoms with E-state index in [-0.39, 0.29) is 0 Å². The van der Waals surface area contributed by atoms with Gasteiger partial charge in [-0.15, -0.1) is 0 Å². The van der Waals surface area contributed by atoms with Crippen LogP contribution in [0.25, 0.3) is 0 Å². The molecule has 0 aliphatic heterocycles. The average molecular weight is 329 g/mol. The fourth-order valence-electron chi connectivity index (χ4n) is 7.07. The molecule has 5 saturated carbocycles. The lowest BCUT2D eigenvalue weighted by atomic mass is 9.62. The van der Waals surface area contributed by atoms with Gasteiger partial charge in [-0.25, -0.2) is 0 Å². The molecule has 136 valence electrons. The summed E-state index contributed by atoms with van der Waals surface area (Å²) in [6.07, 6.45) is 10.3. The van der Waals surface area contributed by atoms with Gasteiger partial charge in [0.2, 0.25) is 0 Å². The minimum absolute atomic E-state index is 0.706. The Labute approximate surface area is 150 Å². The van der Waals surface area contributed by atoms with E-state index in [2.05, 4.69) is 41.2 Å². The maximum Gasteiger partial charge on any atom is -0.0144 e.